The minimum absolute atomic E-state index is 0.0334. The van der Waals surface area contributed by atoms with Crippen molar-refractivity contribution >= 4 is 43.0 Å². The topological polar surface area (TPSA) is 131 Å². The second-order valence-electron chi connectivity index (χ2n) is 8.55. The van der Waals surface area contributed by atoms with Crippen LogP contribution in [0.2, 0.25) is 0 Å². The van der Waals surface area contributed by atoms with E-state index >= 15 is 0 Å². The van der Waals surface area contributed by atoms with Crippen molar-refractivity contribution in [3.8, 4) is 11.5 Å². The van der Waals surface area contributed by atoms with Gasteiger partial charge in [-0.05, 0) is 72.8 Å². The summed E-state index contributed by atoms with van der Waals surface area (Å²) in [4.78, 5) is 13.0. The molecule has 0 unspecified atom stereocenters. The van der Waals surface area contributed by atoms with Crippen LogP contribution >= 0.6 is 0 Å². The Hall–Kier alpha value is -4.62. The van der Waals surface area contributed by atoms with Crippen LogP contribution in [0.1, 0.15) is 0 Å². The number of ether oxygens (including phenoxy) is 2. The van der Waals surface area contributed by atoms with Crippen LogP contribution in [0.25, 0.3) is 0 Å². The molecule has 1 amide bonds. The summed E-state index contributed by atoms with van der Waals surface area (Å²) >= 11 is 0. The van der Waals surface area contributed by atoms with E-state index < -0.39 is 38.3 Å². The molecular weight excluding hydrogens is 573 g/mol. The molecular formula is C28H26FN3O7S2. The summed E-state index contributed by atoms with van der Waals surface area (Å²) in [6, 6.07) is 22.2. The number of benzene rings is 4. The van der Waals surface area contributed by atoms with Gasteiger partial charge >= 0.3 is 0 Å². The van der Waals surface area contributed by atoms with Gasteiger partial charge in [0.1, 0.15) is 23.9 Å². The van der Waals surface area contributed by atoms with E-state index in [9.17, 15) is 26.0 Å². The minimum Gasteiger partial charge on any atom is -0.497 e. The molecule has 0 aliphatic rings. The van der Waals surface area contributed by atoms with Gasteiger partial charge in [-0.3, -0.25) is 13.8 Å². The van der Waals surface area contributed by atoms with Gasteiger partial charge in [0.05, 0.1) is 29.7 Å². The van der Waals surface area contributed by atoms with Crippen LogP contribution in [0.4, 0.5) is 21.5 Å². The van der Waals surface area contributed by atoms with Gasteiger partial charge in [-0.15, -0.1) is 0 Å². The Bertz CT molecular complexity index is 1730. The van der Waals surface area contributed by atoms with Crippen LogP contribution in [0.5, 0.6) is 11.5 Å². The predicted octanol–water partition coefficient (Wildman–Crippen LogP) is 4.48. The van der Waals surface area contributed by atoms with Crippen molar-refractivity contribution in [2.24, 2.45) is 0 Å². The zero-order chi connectivity index (χ0) is 29.6. The molecule has 4 rings (SSSR count). The number of amides is 1. The molecule has 2 N–H and O–H groups in total. The molecule has 0 saturated heterocycles. The summed E-state index contributed by atoms with van der Waals surface area (Å²) in [5.74, 6) is -0.605. The lowest BCUT2D eigenvalue weighted by Gasteiger charge is -2.26. The SMILES string of the molecule is COc1ccc(N(CC(=O)Nc2ccc(S(=O)(=O)Nc3ccc(F)cc3)cc2)S(=O)(=O)c2ccccc2)c(OC)c1. The molecule has 0 atom stereocenters. The minimum atomic E-state index is -4.21. The molecule has 13 heteroatoms. The zero-order valence-corrected chi connectivity index (χ0v) is 23.6. The van der Waals surface area contributed by atoms with Crippen molar-refractivity contribution in [2.45, 2.75) is 9.79 Å². The smallest absolute Gasteiger partial charge is 0.264 e. The van der Waals surface area contributed by atoms with E-state index in [0.717, 1.165) is 16.4 Å². The Morgan fingerprint density at radius 3 is 2.02 bits per heavy atom. The molecule has 0 saturated carbocycles. The fraction of sp³-hybridized carbons (Fsp3) is 0.107. The van der Waals surface area contributed by atoms with Gasteiger partial charge in [-0.2, -0.15) is 0 Å². The first-order valence-electron chi connectivity index (χ1n) is 12.0. The van der Waals surface area contributed by atoms with Gasteiger partial charge in [-0.25, -0.2) is 21.2 Å². The summed E-state index contributed by atoms with van der Waals surface area (Å²) in [5.41, 5.74) is 0.521. The van der Waals surface area contributed by atoms with E-state index in [1.165, 1.54) is 74.9 Å². The molecule has 0 radical (unpaired) electrons. The Morgan fingerprint density at radius 1 is 0.780 bits per heavy atom. The van der Waals surface area contributed by atoms with E-state index in [-0.39, 0.29) is 32.6 Å². The number of sulfonamides is 2. The summed E-state index contributed by atoms with van der Waals surface area (Å²) in [6.07, 6.45) is 0. The maximum absolute atomic E-state index is 13.6. The maximum Gasteiger partial charge on any atom is 0.264 e. The van der Waals surface area contributed by atoms with Crippen LogP contribution in [-0.2, 0) is 24.8 Å². The van der Waals surface area contributed by atoms with Crippen molar-refractivity contribution in [3.63, 3.8) is 0 Å². The Balaban J connectivity index is 1.57. The van der Waals surface area contributed by atoms with Crippen LogP contribution in [0.3, 0.4) is 0 Å². The number of methoxy groups -OCH3 is 2. The highest BCUT2D eigenvalue weighted by Gasteiger charge is 2.29. The number of halogens is 1. The summed E-state index contributed by atoms with van der Waals surface area (Å²) < 4.78 is 79.6. The first-order chi connectivity index (χ1) is 19.5. The van der Waals surface area contributed by atoms with E-state index in [0.29, 0.717) is 5.75 Å². The first-order valence-corrected chi connectivity index (χ1v) is 14.9. The lowest BCUT2D eigenvalue weighted by atomic mass is 10.2. The standard InChI is InChI=1S/C28H26FN3O7S2/c1-38-23-14-17-26(27(18-23)39-2)32(41(36,37)25-6-4-3-5-7-25)19-28(33)30-21-12-15-24(16-13-21)40(34,35)31-22-10-8-20(29)9-11-22/h3-18,31H,19H2,1-2H3,(H,30,33). The number of nitrogens with one attached hydrogen (secondary N) is 2. The summed E-state index contributed by atoms with van der Waals surface area (Å²) in [5, 5.41) is 2.59. The highest BCUT2D eigenvalue weighted by Crippen LogP contribution is 2.35. The van der Waals surface area contributed by atoms with Gasteiger partial charge in [0.25, 0.3) is 20.0 Å². The normalized spacial score (nSPS) is 11.4. The molecule has 0 bridgehead atoms. The van der Waals surface area contributed by atoms with Crippen molar-refractivity contribution in [1.82, 2.24) is 0 Å². The lowest BCUT2D eigenvalue weighted by Crippen LogP contribution is -2.38. The molecule has 0 heterocycles. The molecule has 4 aromatic rings. The Labute approximate surface area is 237 Å². The van der Waals surface area contributed by atoms with Crippen molar-refractivity contribution in [3.05, 3.63) is 103 Å². The van der Waals surface area contributed by atoms with E-state index in [1.807, 2.05) is 0 Å². The number of carbonyl (C=O) groups is 1. The van der Waals surface area contributed by atoms with Crippen molar-refractivity contribution < 1.29 is 35.5 Å². The maximum atomic E-state index is 13.6. The van der Waals surface area contributed by atoms with Crippen molar-refractivity contribution in [1.29, 1.82) is 0 Å². The third-order valence-corrected chi connectivity index (χ3v) is 8.99. The molecule has 41 heavy (non-hydrogen) atoms. The van der Waals surface area contributed by atoms with Crippen LogP contribution in [0, 0.1) is 5.82 Å². The number of nitrogens with zero attached hydrogens (tertiary/aromatic N) is 1. The number of anilines is 3. The number of carbonyl (C=O) groups excluding carboxylic acids is 1. The lowest BCUT2D eigenvalue weighted by molar-refractivity contribution is -0.114. The van der Waals surface area contributed by atoms with E-state index in [2.05, 4.69) is 10.0 Å². The van der Waals surface area contributed by atoms with Crippen molar-refractivity contribution in [2.75, 3.05) is 35.1 Å². The summed E-state index contributed by atoms with van der Waals surface area (Å²) in [7, 11) is -5.38. The molecule has 0 aliphatic heterocycles. The van der Waals surface area contributed by atoms with Gasteiger partial charge < -0.3 is 14.8 Å². The molecule has 4 aromatic carbocycles. The van der Waals surface area contributed by atoms with Crippen LogP contribution < -0.4 is 23.8 Å². The first kappa shape index (κ1) is 29.4. The average molecular weight is 600 g/mol. The highest BCUT2D eigenvalue weighted by molar-refractivity contribution is 7.93. The highest BCUT2D eigenvalue weighted by atomic mass is 32.2. The molecule has 0 aromatic heterocycles. The molecule has 0 fully saturated rings. The Kier molecular flexibility index (Phi) is 8.79. The fourth-order valence-corrected chi connectivity index (χ4v) is 6.30. The second kappa shape index (κ2) is 12.3. The fourth-order valence-electron chi connectivity index (χ4n) is 3.79. The number of hydrogen-bond acceptors (Lipinski definition) is 7. The number of hydrogen-bond donors (Lipinski definition) is 2. The second-order valence-corrected chi connectivity index (χ2v) is 12.1. The molecule has 214 valence electrons. The zero-order valence-electron chi connectivity index (χ0n) is 21.9. The third kappa shape index (κ3) is 6.94. The van der Waals surface area contributed by atoms with E-state index in [1.54, 1.807) is 24.3 Å². The summed E-state index contributed by atoms with van der Waals surface area (Å²) in [6.45, 7) is -0.619. The van der Waals surface area contributed by atoms with E-state index in [4.69, 9.17) is 9.47 Å². The van der Waals surface area contributed by atoms with Gasteiger partial charge in [0, 0.05) is 17.4 Å². The predicted molar refractivity (Wildman–Crippen MR) is 153 cm³/mol. The monoisotopic (exact) mass is 599 g/mol. The third-order valence-electron chi connectivity index (χ3n) is 5.82. The van der Waals surface area contributed by atoms with Gasteiger partial charge in [0.15, 0.2) is 0 Å². The molecule has 10 nitrogen and oxygen atoms in total. The van der Waals surface area contributed by atoms with Gasteiger partial charge in [-0.1, -0.05) is 18.2 Å². The quantitative estimate of drug-likeness (QED) is 0.260. The van der Waals surface area contributed by atoms with Crippen LogP contribution in [-0.4, -0.2) is 43.5 Å². The molecule has 0 aliphatic carbocycles. The molecule has 0 spiro atoms. The number of rotatable bonds is 11. The van der Waals surface area contributed by atoms with Crippen LogP contribution in [0.15, 0.2) is 107 Å². The Morgan fingerprint density at radius 2 is 1.41 bits per heavy atom. The average Bonchev–Trinajstić information content (AvgIpc) is 2.97. The largest absolute Gasteiger partial charge is 0.497 e. The van der Waals surface area contributed by atoms with Gasteiger partial charge in [0.2, 0.25) is 5.91 Å².